The molecule has 82 valence electrons. The number of hydrogen-bond donors (Lipinski definition) is 0. The minimum absolute atomic E-state index is 0.0725. The van der Waals surface area contributed by atoms with Crippen molar-refractivity contribution in [1.29, 1.82) is 5.26 Å². The van der Waals surface area contributed by atoms with Gasteiger partial charge in [0.2, 0.25) is 0 Å². The third-order valence-corrected chi connectivity index (χ3v) is 2.91. The summed E-state index contributed by atoms with van der Waals surface area (Å²) in [6.45, 7) is 1.69. The van der Waals surface area contributed by atoms with Crippen molar-refractivity contribution in [2.45, 2.75) is 19.3 Å². The molecule has 1 aromatic rings. The van der Waals surface area contributed by atoms with Gasteiger partial charge in [-0.3, -0.25) is 4.79 Å². The zero-order valence-electron chi connectivity index (χ0n) is 9.15. The fraction of sp³-hybridized carbons (Fsp3) is 0.385. The van der Waals surface area contributed by atoms with E-state index >= 15 is 0 Å². The maximum atomic E-state index is 12.2. The molecule has 1 aromatic carbocycles. The highest BCUT2D eigenvalue weighted by molar-refractivity contribution is 5.95. The van der Waals surface area contributed by atoms with Crippen molar-refractivity contribution in [1.82, 2.24) is 4.90 Å². The van der Waals surface area contributed by atoms with Crippen molar-refractivity contribution in [2.24, 2.45) is 0 Å². The van der Waals surface area contributed by atoms with Crippen molar-refractivity contribution < 1.29 is 4.79 Å². The van der Waals surface area contributed by atoms with Gasteiger partial charge in [0.1, 0.15) is 0 Å². The van der Waals surface area contributed by atoms with Crippen LogP contribution in [0.15, 0.2) is 24.3 Å². The summed E-state index contributed by atoms with van der Waals surface area (Å²) in [6, 6.07) is 9.49. The van der Waals surface area contributed by atoms with E-state index < -0.39 is 0 Å². The first-order valence-corrected chi connectivity index (χ1v) is 5.57. The van der Waals surface area contributed by atoms with Gasteiger partial charge in [0, 0.05) is 18.7 Å². The monoisotopic (exact) mass is 214 g/mol. The summed E-state index contributed by atoms with van der Waals surface area (Å²) < 4.78 is 0. The molecule has 0 bridgehead atoms. The van der Waals surface area contributed by atoms with Gasteiger partial charge in [-0.2, -0.15) is 5.26 Å². The summed E-state index contributed by atoms with van der Waals surface area (Å²) in [5.74, 6) is 0.0725. The van der Waals surface area contributed by atoms with Crippen LogP contribution in [0, 0.1) is 11.3 Å². The number of likely N-dealkylation sites (tertiary alicyclic amines) is 1. The SMILES string of the molecule is N#CCc1ccccc1C(=O)N1CCCC1. The van der Waals surface area contributed by atoms with E-state index in [1.807, 2.05) is 29.2 Å². The lowest BCUT2D eigenvalue weighted by atomic mass is 10.0. The molecule has 1 amide bonds. The lowest BCUT2D eigenvalue weighted by Crippen LogP contribution is -2.28. The molecule has 3 nitrogen and oxygen atoms in total. The minimum Gasteiger partial charge on any atom is -0.339 e. The molecule has 2 rings (SSSR count). The Labute approximate surface area is 95.3 Å². The van der Waals surface area contributed by atoms with E-state index in [0.29, 0.717) is 12.0 Å². The van der Waals surface area contributed by atoms with Crippen LogP contribution in [-0.2, 0) is 6.42 Å². The largest absolute Gasteiger partial charge is 0.339 e. The van der Waals surface area contributed by atoms with E-state index in [1.54, 1.807) is 0 Å². The second-order valence-corrected chi connectivity index (χ2v) is 3.99. The predicted octanol–water partition coefficient (Wildman–Crippen LogP) is 1.99. The molecule has 0 unspecified atom stereocenters. The Bertz CT molecular complexity index is 428. The highest BCUT2D eigenvalue weighted by Crippen LogP contribution is 2.16. The van der Waals surface area contributed by atoms with E-state index in [2.05, 4.69) is 6.07 Å². The molecule has 0 atom stereocenters. The molecule has 16 heavy (non-hydrogen) atoms. The van der Waals surface area contributed by atoms with Gasteiger partial charge in [0.05, 0.1) is 12.5 Å². The Morgan fingerprint density at radius 2 is 2.00 bits per heavy atom. The van der Waals surface area contributed by atoms with Crippen molar-refractivity contribution in [3.8, 4) is 6.07 Å². The Balaban J connectivity index is 2.25. The van der Waals surface area contributed by atoms with E-state index in [1.165, 1.54) is 0 Å². The van der Waals surface area contributed by atoms with E-state index in [0.717, 1.165) is 31.5 Å². The maximum absolute atomic E-state index is 12.2. The lowest BCUT2D eigenvalue weighted by molar-refractivity contribution is 0.0792. The van der Waals surface area contributed by atoms with Crippen LogP contribution in [0.5, 0.6) is 0 Å². The summed E-state index contributed by atoms with van der Waals surface area (Å²) in [4.78, 5) is 14.0. The van der Waals surface area contributed by atoms with Crippen molar-refractivity contribution in [2.75, 3.05) is 13.1 Å². The summed E-state index contributed by atoms with van der Waals surface area (Å²) in [6.07, 6.45) is 2.48. The zero-order chi connectivity index (χ0) is 11.4. The van der Waals surface area contributed by atoms with Crippen LogP contribution in [0.1, 0.15) is 28.8 Å². The molecule has 0 spiro atoms. The van der Waals surface area contributed by atoms with Crippen LogP contribution in [0.25, 0.3) is 0 Å². The third kappa shape index (κ3) is 2.06. The second-order valence-electron chi connectivity index (χ2n) is 3.99. The summed E-state index contributed by atoms with van der Waals surface area (Å²) in [5, 5.41) is 8.72. The van der Waals surface area contributed by atoms with Crippen LogP contribution in [0.2, 0.25) is 0 Å². The van der Waals surface area contributed by atoms with Gasteiger partial charge >= 0.3 is 0 Å². The molecular weight excluding hydrogens is 200 g/mol. The van der Waals surface area contributed by atoms with Crippen molar-refractivity contribution in [3.05, 3.63) is 35.4 Å². The number of hydrogen-bond acceptors (Lipinski definition) is 2. The third-order valence-electron chi connectivity index (χ3n) is 2.91. The fourth-order valence-electron chi connectivity index (χ4n) is 2.06. The van der Waals surface area contributed by atoms with Gasteiger partial charge in [-0.05, 0) is 24.5 Å². The highest BCUT2D eigenvalue weighted by Gasteiger charge is 2.21. The molecule has 1 aliphatic rings. The molecule has 0 N–H and O–H groups in total. The van der Waals surface area contributed by atoms with Crippen molar-refractivity contribution >= 4 is 5.91 Å². The molecule has 1 heterocycles. The number of carbonyl (C=O) groups is 1. The van der Waals surface area contributed by atoms with E-state index in [4.69, 9.17) is 5.26 Å². The Hall–Kier alpha value is -1.82. The van der Waals surface area contributed by atoms with Crippen LogP contribution >= 0.6 is 0 Å². The predicted molar refractivity (Wildman–Crippen MR) is 60.9 cm³/mol. The highest BCUT2D eigenvalue weighted by atomic mass is 16.2. The summed E-state index contributed by atoms with van der Waals surface area (Å²) in [5.41, 5.74) is 1.52. The molecule has 1 aliphatic heterocycles. The zero-order valence-corrected chi connectivity index (χ0v) is 9.15. The maximum Gasteiger partial charge on any atom is 0.254 e. The van der Waals surface area contributed by atoms with Crippen molar-refractivity contribution in [3.63, 3.8) is 0 Å². The van der Waals surface area contributed by atoms with Crippen LogP contribution in [-0.4, -0.2) is 23.9 Å². The first-order valence-electron chi connectivity index (χ1n) is 5.57. The summed E-state index contributed by atoms with van der Waals surface area (Å²) in [7, 11) is 0. The van der Waals surface area contributed by atoms with Crippen LogP contribution < -0.4 is 0 Å². The van der Waals surface area contributed by atoms with Gasteiger partial charge in [-0.1, -0.05) is 18.2 Å². The second kappa shape index (κ2) is 4.80. The topological polar surface area (TPSA) is 44.1 Å². The number of rotatable bonds is 2. The molecule has 3 heteroatoms. The molecular formula is C13H14N2O. The number of benzene rings is 1. The molecule has 0 aliphatic carbocycles. The molecule has 0 saturated carbocycles. The molecule has 0 aromatic heterocycles. The van der Waals surface area contributed by atoms with Gasteiger partial charge in [-0.25, -0.2) is 0 Å². The van der Waals surface area contributed by atoms with Gasteiger partial charge in [0.15, 0.2) is 0 Å². The quantitative estimate of drug-likeness (QED) is 0.755. The Kier molecular flexibility index (Phi) is 3.21. The Morgan fingerprint density at radius 1 is 1.31 bits per heavy atom. The first kappa shape index (κ1) is 10.7. The number of nitriles is 1. The minimum atomic E-state index is 0.0725. The normalized spacial score (nSPS) is 14.8. The average Bonchev–Trinajstić information content (AvgIpc) is 2.83. The van der Waals surface area contributed by atoms with E-state index in [9.17, 15) is 4.79 Å². The standard InChI is InChI=1S/C13H14N2O/c14-8-7-11-5-1-2-6-12(11)13(16)15-9-3-4-10-15/h1-2,5-6H,3-4,7,9-10H2. The molecule has 1 fully saturated rings. The molecule has 0 radical (unpaired) electrons. The van der Waals surface area contributed by atoms with Gasteiger partial charge < -0.3 is 4.90 Å². The van der Waals surface area contributed by atoms with E-state index in [-0.39, 0.29) is 5.91 Å². The number of nitrogens with zero attached hydrogens (tertiary/aromatic N) is 2. The van der Waals surface area contributed by atoms with Gasteiger partial charge in [0.25, 0.3) is 5.91 Å². The molecule has 1 saturated heterocycles. The average molecular weight is 214 g/mol. The van der Waals surface area contributed by atoms with Gasteiger partial charge in [-0.15, -0.1) is 0 Å². The lowest BCUT2D eigenvalue weighted by Gasteiger charge is -2.16. The number of amides is 1. The fourth-order valence-corrected chi connectivity index (χ4v) is 2.06. The summed E-state index contributed by atoms with van der Waals surface area (Å²) >= 11 is 0. The van der Waals surface area contributed by atoms with Crippen LogP contribution in [0.4, 0.5) is 0 Å². The smallest absolute Gasteiger partial charge is 0.254 e. The Morgan fingerprint density at radius 3 is 2.69 bits per heavy atom. The number of carbonyl (C=O) groups excluding carboxylic acids is 1. The van der Waals surface area contributed by atoms with Crippen LogP contribution in [0.3, 0.4) is 0 Å². The first-order chi connectivity index (χ1) is 7.83.